The number of furan rings is 1. The van der Waals surface area contributed by atoms with Gasteiger partial charge < -0.3 is 9.73 Å². The third-order valence-electron chi connectivity index (χ3n) is 2.80. The van der Waals surface area contributed by atoms with Gasteiger partial charge in [0.15, 0.2) is 0 Å². The summed E-state index contributed by atoms with van der Waals surface area (Å²) < 4.78 is 5.11. The molecule has 3 aromatic rings. The predicted octanol–water partition coefficient (Wildman–Crippen LogP) is 2.72. The minimum Gasteiger partial charge on any atom is -0.469 e. The molecule has 2 aromatic heterocycles. The van der Waals surface area contributed by atoms with Gasteiger partial charge in [0, 0.05) is 11.1 Å². The molecule has 0 radical (unpaired) electrons. The van der Waals surface area contributed by atoms with Crippen LogP contribution in [0.1, 0.15) is 16.1 Å². The molecule has 90 valence electrons. The summed E-state index contributed by atoms with van der Waals surface area (Å²) in [6.45, 7) is 1.76. The number of rotatable bonds is 2. The third-order valence-corrected chi connectivity index (χ3v) is 2.80. The highest BCUT2D eigenvalue weighted by molar-refractivity contribution is 6.05. The normalized spacial score (nSPS) is 10.7. The van der Waals surface area contributed by atoms with Gasteiger partial charge in [-0.1, -0.05) is 0 Å². The number of amides is 1. The minimum absolute atomic E-state index is 0.177. The van der Waals surface area contributed by atoms with Crippen molar-refractivity contribution in [2.24, 2.45) is 0 Å². The fourth-order valence-corrected chi connectivity index (χ4v) is 1.84. The topological polar surface area (TPSA) is 70.9 Å². The minimum atomic E-state index is -0.177. The molecule has 3 rings (SSSR count). The second-order valence-electron chi connectivity index (χ2n) is 4.02. The van der Waals surface area contributed by atoms with E-state index < -0.39 is 0 Å². The number of benzene rings is 1. The Hall–Kier alpha value is -2.56. The number of hydrogen-bond donors (Lipinski definition) is 2. The first-order valence-electron chi connectivity index (χ1n) is 5.52. The Kier molecular flexibility index (Phi) is 2.37. The number of carbonyl (C=O) groups is 1. The number of anilines is 1. The van der Waals surface area contributed by atoms with E-state index in [1.807, 2.05) is 18.2 Å². The summed E-state index contributed by atoms with van der Waals surface area (Å²) in [4.78, 5) is 12.0. The molecule has 0 saturated heterocycles. The second kappa shape index (κ2) is 4.03. The van der Waals surface area contributed by atoms with Crippen LogP contribution >= 0.6 is 0 Å². The van der Waals surface area contributed by atoms with E-state index in [1.54, 1.807) is 19.2 Å². The van der Waals surface area contributed by atoms with Crippen molar-refractivity contribution in [2.75, 3.05) is 5.32 Å². The van der Waals surface area contributed by atoms with Gasteiger partial charge in [-0.25, -0.2) is 0 Å². The molecular formula is C13H11N3O2. The molecular weight excluding hydrogens is 230 g/mol. The zero-order valence-electron chi connectivity index (χ0n) is 9.73. The Labute approximate surface area is 103 Å². The molecule has 2 heterocycles. The van der Waals surface area contributed by atoms with Gasteiger partial charge in [0.05, 0.1) is 23.5 Å². The van der Waals surface area contributed by atoms with Crippen molar-refractivity contribution < 1.29 is 9.21 Å². The van der Waals surface area contributed by atoms with E-state index >= 15 is 0 Å². The molecule has 0 bridgehead atoms. The van der Waals surface area contributed by atoms with E-state index in [2.05, 4.69) is 15.5 Å². The average molecular weight is 241 g/mol. The van der Waals surface area contributed by atoms with Crippen LogP contribution in [0.3, 0.4) is 0 Å². The van der Waals surface area contributed by atoms with Crippen molar-refractivity contribution in [3.8, 4) is 0 Å². The number of carbonyl (C=O) groups excluding carboxylic acids is 1. The first kappa shape index (κ1) is 10.6. The maximum absolute atomic E-state index is 12.0. The summed E-state index contributed by atoms with van der Waals surface area (Å²) in [7, 11) is 0. The lowest BCUT2D eigenvalue weighted by Crippen LogP contribution is -2.11. The molecule has 18 heavy (non-hydrogen) atoms. The monoisotopic (exact) mass is 241 g/mol. The van der Waals surface area contributed by atoms with Gasteiger partial charge in [-0.3, -0.25) is 9.89 Å². The Morgan fingerprint density at radius 1 is 1.39 bits per heavy atom. The molecule has 0 aliphatic carbocycles. The molecule has 0 fully saturated rings. The lowest BCUT2D eigenvalue weighted by atomic mass is 10.2. The van der Waals surface area contributed by atoms with Gasteiger partial charge in [0.2, 0.25) is 0 Å². The van der Waals surface area contributed by atoms with Crippen LogP contribution in [0.25, 0.3) is 10.9 Å². The molecule has 0 aliphatic rings. The number of aromatic nitrogens is 2. The Morgan fingerprint density at radius 2 is 2.28 bits per heavy atom. The number of nitrogens with zero attached hydrogens (tertiary/aromatic N) is 1. The van der Waals surface area contributed by atoms with Gasteiger partial charge in [0.1, 0.15) is 5.76 Å². The van der Waals surface area contributed by atoms with E-state index in [4.69, 9.17) is 4.42 Å². The molecule has 0 spiro atoms. The molecule has 5 nitrogen and oxygen atoms in total. The summed E-state index contributed by atoms with van der Waals surface area (Å²) in [5.41, 5.74) is 2.21. The van der Waals surface area contributed by atoms with Crippen molar-refractivity contribution in [3.63, 3.8) is 0 Å². The van der Waals surface area contributed by atoms with Crippen LogP contribution in [0.15, 0.2) is 41.1 Å². The first-order valence-corrected chi connectivity index (χ1v) is 5.52. The number of aryl methyl sites for hydroxylation is 1. The molecule has 1 amide bonds. The van der Waals surface area contributed by atoms with Gasteiger partial charge in [0.25, 0.3) is 5.91 Å². The molecule has 1 aromatic carbocycles. The summed E-state index contributed by atoms with van der Waals surface area (Å²) in [6.07, 6.45) is 3.22. The smallest absolute Gasteiger partial charge is 0.259 e. The van der Waals surface area contributed by atoms with Gasteiger partial charge in [-0.05, 0) is 31.2 Å². The van der Waals surface area contributed by atoms with E-state index in [0.29, 0.717) is 11.3 Å². The Morgan fingerprint density at radius 3 is 3.06 bits per heavy atom. The van der Waals surface area contributed by atoms with Crippen LogP contribution in [0, 0.1) is 6.92 Å². The molecule has 5 heteroatoms. The number of aromatic amines is 1. The van der Waals surface area contributed by atoms with Crippen molar-refractivity contribution in [1.29, 1.82) is 0 Å². The van der Waals surface area contributed by atoms with Crippen LogP contribution < -0.4 is 5.32 Å². The molecule has 0 aliphatic heterocycles. The summed E-state index contributed by atoms with van der Waals surface area (Å²) in [5.74, 6) is 0.431. The predicted molar refractivity (Wildman–Crippen MR) is 67.5 cm³/mol. The quantitative estimate of drug-likeness (QED) is 0.724. The Bertz CT molecular complexity index is 712. The summed E-state index contributed by atoms with van der Waals surface area (Å²) in [5, 5.41) is 10.6. The fourth-order valence-electron chi connectivity index (χ4n) is 1.84. The fraction of sp³-hybridized carbons (Fsp3) is 0.0769. The standard InChI is InChI=1S/C13H11N3O2/c1-8-11(4-5-18-8)13(17)15-10-2-3-12-9(6-10)7-14-16-12/h2-7H,1H3,(H,14,16)(H,15,17). The van der Waals surface area contributed by atoms with Crippen LogP contribution in [-0.4, -0.2) is 16.1 Å². The molecule has 0 saturated carbocycles. The van der Waals surface area contributed by atoms with Crippen molar-refractivity contribution in [3.05, 3.63) is 48.0 Å². The van der Waals surface area contributed by atoms with Gasteiger partial charge >= 0.3 is 0 Å². The van der Waals surface area contributed by atoms with E-state index in [9.17, 15) is 4.79 Å². The molecule has 0 unspecified atom stereocenters. The van der Waals surface area contributed by atoms with Crippen LogP contribution in [0.5, 0.6) is 0 Å². The van der Waals surface area contributed by atoms with Crippen LogP contribution in [-0.2, 0) is 0 Å². The number of H-pyrrole nitrogens is 1. The largest absolute Gasteiger partial charge is 0.469 e. The van der Waals surface area contributed by atoms with E-state index in [1.165, 1.54) is 6.26 Å². The maximum Gasteiger partial charge on any atom is 0.259 e. The number of nitrogens with one attached hydrogen (secondary N) is 2. The van der Waals surface area contributed by atoms with Crippen LogP contribution in [0.2, 0.25) is 0 Å². The first-order chi connectivity index (χ1) is 8.74. The van der Waals surface area contributed by atoms with E-state index in [-0.39, 0.29) is 5.91 Å². The number of hydrogen-bond acceptors (Lipinski definition) is 3. The Balaban J connectivity index is 1.88. The zero-order valence-corrected chi connectivity index (χ0v) is 9.73. The van der Waals surface area contributed by atoms with Crippen molar-refractivity contribution >= 4 is 22.5 Å². The average Bonchev–Trinajstić information content (AvgIpc) is 2.96. The highest BCUT2D eigenvalue weighted by atomic mass is 16.3. The van der Waals surface area contributed by atoms with E-state index in [0.717, 1.165) is 16.6 Å². The number of fused-ring (bicyclic) bond motifs is 1. The zero-order chi connectivity index (χ0) is 12.5. The lowest BCUT2D eigenvalue weighted by Gasteiger charge is -2.04. The molecule has 2 N–H and O–H groups in total. The van der Waals surface area contributed by atoms with Crippen LogP contribution in [0.4, 0.5) is 5.69 Å². The second-order valence-corrected chi connectivity index (χ2v) is 4.02. The lowest BCUT2D eigenvalue weighted by molar-refractivity contribution is 0.102. The van der Waals surface area contributed by atoms with Gasteiger partial charge in [-0.15, -0.1) is 0 Å². The highest BCUT2D eigenvalue weighted by Crippen LogP contribution is 2.18. The van der Waals surface area contributed by atoms with Crippen molar-refractivity contribution in [2.45, 2.75) is 6.92 Å². The van der Waals surface area contributed by atoms with Gasteiger partial charge in [-0.2, -0.15) is 5.10 Å². The molecule has 0 atom stereocenters. The third kappa shape index (κ3) is 1.75. The summed E-state index contributed by atoms with van der Waals surface area (Å²) >= 11 is 0. The SMILES string of the molecule is Cc1occc1C(=O)Nc1ccc2[nH]ncc2c1. The van der Waals surface area contributed by atoms with Crippen molar-refractivity contribution in [1.82, 2.24) is 10.2 Å². The highest BCUT2D eigenvalue weighted by Gasteiger charge is 2.11. The maximum atomic E-state index is 12.0. The summed E-state index contributed by atoms with van der Waals surface area (Å²) in [6, 6.07) is 7.22.